The summed E-state index contributed by atoms with van der Waals surface area (Å²) < 4.78 is 9.21. The molecule has 1 saturated heterocycles. The zero-order chi connectivity index (χ0) is 23.8. The Labute approximate surface area is 218 Å². The zero-order valence-electron chi connectivity index (χ0n) is 20.3. The lowest BCUT2D eigenvalue weighted by Crippen LogP contribution is -2.46. The highest BCUT2D eigenvalue weighted by molar-refractivity contribution is 6.30. The fourth-order valence-corrected chi connectivity index (χ4v) is 4.58. The molecule has 0 bridgehead atoms. The molecular formula is C26H35Cl2N5O2. The van der Waals surface area contributed by atoms with E-state index in [-0.39, 0.29) is 18.1 Å². The molecule has 0 spiro atoms. The molecule has 1 fully saturated rings. The molecular weight excluding hydrogens is 485 g/mol. The minimum Gasteiger partial charge on any atom is -0.494 e. The summed E-state index contributed by atoms with van der Waals surface area (Å²) in [4.78, 5) is 17.8. The average molecular weight is 521 g/mol. The predicted molar refractivity (Wildman–Crippen MR) is 144 cm³/mol. The maximum atomic E-state index is 12.9. The van der Waals surface area contributed by atoms with Gasteiger partial charge in [-0.3, -0.25) is 9.47 Å². The Morgan fingerprint density at radius 3 is 2.43 bits per heavy atom. The first kappa shape index (κ1) is 27.1. The van der Waals surface area contributed by atoms with Crippen LogP contribution in [0.4, 0.5) is 5.69 Å². The molecule has 0 aliphatic carbocycles. The standard InChI is InChI=1S/C26H34ClN5O2.ClH/c1-2-25-28-32(26(33)31(25)14-8-20-34-24-11-4-3-5-12-24)15-7-13-29-16-18-30(19-17-29)23-10-6-9-22(27)21-23;/h3-6,9-12,21H,2,7-8,13-20H2,1H3;1H. The number of nitrogens with zero attached hydrogens (tertiary/aromatic N) is 5. The lowest BCUT2D eigenvalue weighted by Gasteiger charge is -2.36. The number of anilines is 1. The first-order valence-corrected chi connectivity index (χ1v) is 12.6. The number of rotatable bonds is 11. The molecule has 4 rings (SSSR count). The lowest BCUT2D eigenvalue weighted by molar-refractivity contribution is 0.248. The molecule has 0 N–H and O–H groups in total. The molecule has 0 unspecified atom stereocenters. The van der Waals surface area contributed by atoms with E-state index in [4.69, 9.17) is 16.3 Å². The van der Waals surface area contributed by atoms with E-state index in [0.717, 1.165) is 68.6 Å². The number of benzene rings is 2. The molecule has 9 heteroatoms. The molecule has 3 aromatic rings. The minimum absolute atomic E-state index is 0. The van der Waals surface area contributed by atoms with Crippen LogP contribution in [0.25, 0.3) is 0 Å². The third kappa shape index (κ3) is 7.50. The van der Waals surface area contributed by atoms with Gasteiger partial charge in [0.1, 0.15) is 11.6 Å². The van der Waals surface area contributed by atoms with Crippen molar-refractivity contribution in [2.75, 3.05) is 44.2 Å². The number of hydrogen-bond acceptors (Lipinski definition) is 5. The van der Waals surface area contributed by atoms with E-state index < -0.39 is 0 Å². The lowest BCUT2D eigenvalue weighted by atomic mass is 10.2. The van der Waals surface area contributed by atoms with Gasteiger partial charge in [0, 0.05) is 62.9 Å². The van der Waals surface area contributed by atoms with Crippen LogP contribution in [0.3, 0.4) is 0 Å². The van der Waals surface area contributed by atoms with Crippen molar-refractivity contribution >= 4 is 29.7 Å². The van der Waals surface area contributed by atoms with Crippen molar-refractivity contribution in [2.24, 2.45) is 0 Å². The third-order valence-corrected chi connectivity index (χ3v) is 6.48. The molecule has 0 radical (unpaired) electrons. The topological polar surface area (TPSA) is 55.5 Å². The molecule has 35 heavy (non-hydrogen) atoms. The van der Waals surface area contributed by atoms with Gasteiger partial charge in [0.25, 0.3) is 0 Å². The zero-order valence-corrected chi connectivity index (χ0v) is 21.9. The van der Waals surface area contributed by atoms with Crippen LogP contribution in [0.15, 0.2) is 59.4 Å². The van der Waals surface area contributed by atoms with Crippen molar-refractivity contribution in [1.29, 1.82) is 0 Å². The smallest absolute Gasteiger partial charge is 0.345 e. The summed E-state index contributed by atoms with van der Waals surface area (Å²) in [5, 5.41) is 5.37. The monoisotopic (exact) mass is 519 g/mol. The Balaban J connectivity index is 0.00000342. The number of halogens is 2. The number of aryl methyl sites for hydroxylation is 2. The molecule has 2 heterocycles. The second kappa shape index (κ2) is 13.6. The van der Waals surface area contributed by atoms with Crippen LogP contribution >= 0.6 is 24.0 Å². The van der Waals surface area contributed by atoms with Gasteiger partial charge in [-0.1, -0.05) is 42.8 Å². The quantitative estimate of drug-likeness (QED) is 0.352. The SMILES string of the molecule is CCc1nn(CCCN2CCN(c3cccc(Cl)c3)CC2)c(=O)n1CCCOc1ccccc1.Cl. The maximum absolute atomic E-state index is 12.9. The normalized spacial score (nSPS) is 14.1. The van der Waals surface area contributed by atoms with Crippen LogP contribution in [-0.2, 0) is 19.5 Å². The molecule has 1 aliphatic rings. The Kier molecular flexibility index (Phi) is 10.5. The van der Waals surface area contributed by atoms with Crippen LogP contribution in [0.1, 0.15) is 25.6 Å². The van der Waals surface area contributed by atoms with E-state index in [9.17, 15) is 4.79 Å². The van der Waals surface area contributed by atoms with Crippen LogP contribution < -0.4 is 15.3 Å². The van der Waals surface area contributed by atoms with E-state index in [1.807, 2.05) is 55.5 Å². The second-order valence-electron chi connectivity index (χ2n) is 8.60. The molecule has 0 amide bonds. The van der Waals surface area contributed by atoms with Gasteiger partial charge in [0.05, 0.1) is 6.61 Å². The van der Waals surface area contributed by atoms with Crippen molar-refractivity contribution < 1.29 is 4.74 Å². The van der Waals surface area contributed by atoms with Gasteiger partial charge in [-0.05, 0) is 43.2 Å². The van der Waals surface area contributed by atoms with Crippen molar-refractivity contribution in [3.05, 3.63) is 75.9 Å². The van der Waals surface area contributed by atoms with Gasteiger partial charge in [-0.25, -0.2) is 9.48 Å². The summed E-state index contributed by atoms with van der Waals surface area (Å²) >= 11 is 6.14. The van der Waals surface area contributed by atoms with Crippen molar-refractivity contribution in [2.45, 2.75) is 39.3 Å². The van der Waals surface area contributed by atoms with Gasteiger partial charge in [-0.2, -0.15) is 5.10 Å². The summed E-state index contributed by atoms with van der Waals surface area (Å²) in [6.07, 6.45) is 2.42. The molecule has 0 saturated carbocycles. The Hall–Kier alpha value is -2.48. The highest BCUT2D eigenvalue weighted by atomic mass is 35.5. The van der Waals surface area contributed by atoms with Gasteiger partial charge in [0.15, 0.2) is 0 Å². The summed E-state index contributed by atoms with van der Waals surface area (Å²) in [5.41, 5.74) is 1.17. The van der Waals surface area contributed by atoms with Crippen molar-refractivity contribution in [3.8, 4) is 5.75 Å². The Morgan fingerprint density at radius 1 is 0.943 bits per heavy atom. The van der Waals surface area contributed by atoms with Gasteiger partial charge in [-0.15, -0.1) is 12.4 Å². The second-order valence-corrected chi connectivity index (χ2v) is 9.04. The summed E-state index contributed by atoms with van der Waals surface area (Å²) in [6.45, 7) is 8.85. The van der Waals surface area contributed by atoms with Crippen LogP contribution in [0, 0.1) is 0 Å². The molecule has 0 atom stereocenters. The fraction of sp³-hybridized carbons (Fsp3) is 0.462. The van der Waals surface area contributed by atoms with Crippen LogP contribution in [-0.4, -0.2) is 58.6 Å². The van der Waals surface area contributed by atoms with Crippen molar-refractivity contribution in [3.63, 3.8) is 0 Å². The van der Waals surface area contributed by atoms with Gasteiger partial charge in [0.2, 0.25) is 0 Å². The molecule has 7 nitrogen and oxygen atoms in total. The average Bonchev–Trinajstić information content (AvgIpc) is 3.17. The summed E-state index contributed by atoms with van der Waals surface area (Å²) in [7, 11) is 0. The Bertz CT molecular complexity index is 1090. The number of para-hydroxylation sites is 1. The van der Waals surface area contributed by atoms with Crippen LogP contribution in [0.2, 0.25) is 5.02 Å². The van der Waals surface area contributed by atoms with Gasteiger partial charge >= 0.3 is 5.69 Å². The molecule has 2 aromatic carbocycles. The molecule has 1 aliphatic heterocycles. The minimum atomic E-state index is -0.0117. The number of ether oxygens (including phenoxy) is 1. The summed E-state index contributed by atoms with van der Waals surface area (Å²) in [5.74, 6) is 1.70. The molecule has 1 aromatic heterocycles. The van der Waals surface area contributed by atoms with E-state index in [0.29, 0.717) is 19.7 Å². The first-order valence-electron chi connectivity index (χ1n) is 12.2. The van der Waals surface area contributed by atoms with E-state index in [2.05, 4.69) is 21.0 Å². The number of piperazine rings is 1. The largest absolute Gasteiger partial charge is 0.494 e. The summed E-state index contributed by atoms with van der Waals surface area (Å²) in [6, 6.07) is 17.8. The van der Waals surface area contributed by atoms with Crippen LogP contribution in [0.5, 0.6) is 5.75 Å². The predicted octanol–water partition coefficient (Wildman–Crippen LogP) is 4.36. The van der Waals surface area contributed by atoms with E-state index >= 15 is 0 Å². The highest BCUT2D eigenvalue weighted by Crippen LogP contribution is 2.20. The first-order chi connectivity index (χ1) is 16.6. The third-order valence-electron chi connectivity index (χ3n) is 6.24. The van der Waals surface area contributed by atoms with E-state index in [1.165, 1.54) is 5.69 Å². The van der Waals surface area contributed by atoms with E-state index in [1.54, 1.807) is 9.25 Å². The number of aromatic nitrogens is 3. The Morgan fingerprint density at radius 2 is 1.71 bits per heavy atom. The van der Waals surface area contributed by atoms with Gasteiger partial charge < -0.3 is 9.64 Å². The molecule has 190 valence electrons. The maximum Gasteiger partial charge on any atom is 0.345 e. The highest BCUT2D eigenvalue weighted by Gasteiger charge is 2.18. The number of hydrogen-bond donors (Lipinski definition) is 0. The fourth-order valence-electron chi connectivity index (χ4n) is 4.39. The van der Waals surface area contributed by atoms with Crippen molar-refractivity contribution in [1.82, 2.24) is 19.2 Å².